The quantitative estimate of drug-likeness (QED) is 0.786. The summed E-state index contributed by atoms with van der Waals surface area (Å²) in [5, 5.41) is 3.38. The lowest BCUT2D eigenvalue weighted by Crippen LogP contribution is -2.01. The van der Waals surface area contributed by atoms with Crippen LogP contribution in [0.5, 0.6) is 5.75 Å². The smallest absolute Gasteiger partial charge is 0.123 e. The monoisotopic (exact) mass is 265 g/mol. The molecule has 0 amide bonds. The van der Waals surface area contributed by atoms with Gasteiger partial charge in [-0.2, -0.15) is 0 Å². The van der Waals surface area contributed by atoms with E-state index in [-0.39, 0.29) is 0 Å². The molecule has 3 rings (SSSR count). The number of hydrogen-bond donors (Lipinski definition) is 1. The molecule has 20 heavy (non-hydrogen) atoms. The number of fused-ring (bicyclic) bond motifs is 1. The van der Waals surface area contributed by atoms with Crippen LogP contribution < -0.4 is 10.1 Å². The maximum Gasteiger partial charge on any atom is 0.123 e. The SMILES string of the molecule is COc1ccccc1CNc1ccc2nccnc2c1. The van der Waals surface area contributed by atoms with Gasteiger partial charge < -0.3 is 10.1 Å². The highest BCUT2D eigenvalue weighted by Gasteiger charge is 2.02. The van der Waals surface area contributed by atoms with Gasteiger partial charge in [0.2, 0.25) is 0 Å². The van der Waals surface area contributed by atoms with Crippen molar-refractivity contribution in [3.05, 3.63) is 60.4 Å². The van der Waals surface area contributed by atoms with Gasteiger partial charge in [-0.3, -0.25) is 9.97 Å². The van der Waals surface area contributed by atoms with Crippen LogP contribution in [0.2, 0.25) is 0 Å². The van der Waals surface area contributed by atoms with Gasteiger partial charge in [-0.1, -0.05) is 18.2 Å². The zero-order chi connectivity index (χ0) is 13.8. The lowest BCUT2D eigenvalue weighted by atomic mass is 10.2. The first-order valence-corrected chi connectivity index (χ1v) is 6.43. The fourth-order valence-corrected chi connectivity index (χ4v) is 2.12. The summed E-state index contributed by atoms with van der Waals surface area (Å²) in [6.07, 6.45) is 3.40. The predicted molar refractivity (Wildman–Crippen MR) is 79.9 cm³/mol. The van der Waals surface area contributed by atoms with Crippen LogP contribution in [0.1, 0.15) is 5.56 Å². The molecule has 3 aromatic rings. The van der Waals surface area contributed by atoms with Crippen molar-refractivity contribution in [1.82, 2.24) is 9.97 Å². The number of nitrogens with zero attached hydrogens (tertiary/aromatic N) is 2. The second kappa shape index (κ2) is 5.57. The number of benzene rings is 2. The first-order valence-electron chi connectivity index (χ1n) is 6.43. The fraction of sp³-hybridized carbons (Fsp3) is 0.125. The third-order valence-electron chi connectivity index (χ3n) is 3.14. The Morgan fingerprint density at radius 2 is 1.80 bits per heavy atom. The standard InChI is InChI=1S/C16H15N3O/c1-20-16-5-3-2-4-12(16)11-19-13-6-7-14-15(10-13)18-9-8-17-14/h2-10,19H,11H2,1H3. The number of anilines is 1. The second-order valence-corrected chi connectivity index (χ2v) is 4.43. The summed E-state index contributed by atoms with van der Waals surface area (Å²) in [6, 6.07) is 14.0. The maximum atomic E-state index is 5.34. The van der Waals surface area contributed by atoms with E-state index in [0.29, 0.717) is 6.54 Å². The van der Waals surface area contributed by atoms with Crippen LogP contribution >= 0.6 is 0 Å². The molecule has 2 aromatic carbocycles. The van der Waals surface area contributed by atoms with E-state index in [0.717, 1.165) is 28.0 Å². The summed E-state index contributed by atoms with van der Waals surface area (Å²) in [4.78, 5) is 8.56. The molecule has 100 valence electrons. The van der Waals surface area contributed by atoms with Gasteiger partial charge in [0.15, 0.2) is 0 Å². The van der Waals surface area contributed by atoms with E-state index < -0.39 is 0 Å². The van der Waals surface area contributed by atoms with Crippen molar-refractivity contribution in [2.24, 2.45) is 0 Å². The number of aromatic nitrogens is 2. The van der Waals surface area contributed by atoms with Crippen molar-refractivity contribution in [1.29, 1.82) is 0 Å². The summed E-state index contributed by atoms with van der Waals surface area (Å²) in [5.74, 6) is 0.889. The molecule has 0 aliphatic heterocycles. The Morgan fingerprint density at radius 3 is 2.65 bits per heavy atom. The fourth-order valence-electron chi connectivity index (χ4n) is 2.12. The van der Waals surface area contributed by atoms with E-state index in [1.54, 1.807) is 19.5 Å². The van der Waals surface area contributed by atoms with Crippen molar-refractivity contribution >= 4 is 16.7 Å². The Kier molecular flexibility index (Phi) is 3.46. The molecule has 0 saturated carbocycles. The normalized spacial score (nSPS) is 10.4. The first kappa shape index (κ1) is 12.4. The highest BCUT2D eigenvalue weighted by molar-refractivity contribution is 5.78. The third-order valence-corrected chi connectivity index (χ3v) is 3.14. The number of nitrogens with one attached hydrogen (secondary N) is 1. The zero-order valence-electron chi connectivity index (χ0n) is 11.2. The van der Waals surface area contributed by atoms with Crippen molar-refractivity contribution in [2.45, 2.75) is 6.54 Å². The van der Waals surface area contributed by atoms with Crippen LogP contribution in [-0.4, -0.2) is 17.1 Å². The number of hydrogen-bond acceptors (Lipinski definition) is 4. The van der Waals surface area contributed by atoms with E-state index in [9.17, 15) is 0 Å². The Hall–Kier alpha value is -2.62. The van der Waals surface area contributed by atoms with Gasteiger partial charge in [0.1, 0.15) is 5.75 Å². The molecule has 4 nitrogen and oxygen atoms in total. The highest BCUT2D eigenvalue weighted by Crippen LogP contribution is 2.20. The van der Waals surface area contributed by atoms with E-state index in [1.807, 2.05) is 42.5 Å². The maximum absolute atomic E-state index is 5.34. The van der Waals surface area contributed by atoms with Gasteiger partial charge in [0.05, 0.1) is 18.1 Å². The molecule has 0 bridgehead atoms. The molecule has 1 aromatic heterocycles. The van der Waals surface area contributed by atoms with Gasteiger partial charge in [-0.05, 0) is 24.3 Å². The molecular formula is C16H15N3O. The number of methoxy groups -OCH3 is 1. The van der Waals surface area contributed by atoms with Crippen LogP contribution in [-0.2, 0) is 6.54 Å². The molecule has 0 atom stereocenters. The summed E-state index contributed by atoms with van der Waals surface area (Å²) in [7, 11) is 1.68. The lowest BCUT2D eigenvalue weighted by Gasteiger charge is -2.10. The second-order valence-electron chi connectivity index (χ2n) is 4.43. The molecule has 0 saturated heterocycles. The Balaban J connectivity index is 1.79. The van der Waals surface area contributed by atoms with E-state index >= 15 is 0 Å². The van der Waals surface area contributed by atoms with Crippen molar-refractivity contribution in [3.63, 3.8) is 0 Å². The van der Waals surface area contributed by atoms with Crippen LogP contribution in [0.4, 0.5) is 5.69 Å². The summed E-state index contributed by atoms with van der Waals surface area (Å²) < 4.78 is 5.34. The molecule has 1 heterocycles. The number of ether oxygens (including phenoxy) is 1. The van der Waals surface area contributed by atoms with Crippen molar-refractivity contribution in [2.75, 3.05) is 12.4 Å². The first-order chi connectivity index (χ1) is 9.86. The average molecular weight is 265 g/mol. The van der Waals surface area contributed by atoms with Crippen molar-refractivity contribution < 1.29 is 4.74 Å². The third kappa shape index (κ3) is 2.54. The molecule has 0 radical (unpaired) electrons. The summed E-state index contributed by atoms with van der Waals surface area (Å²) in [6.45, 7) is 0.704. The van der Waals surface area contributed by atoms with Gasteiger partial charge in [-0.15, -0.1) is 0 Å². The van der Waals surface area contributed by atoms with E-state index in [1.165, 1.54) is 0 Å². The van der Waals surface area contributed by atoms with Crippen LogP contribution in [0, 0.1) is 0 Å². The lowest BCUT2D eigenvalue weighted by molar-refractivity contribution is 0.410. The van der Waals surface area contributed by atoms with Gasteiger partial charge in [0, 0.05) is 30.2 Å². The van der Waals surface area contributed by atoms with Crippen LogP contribution in [0.15, 0.2) is 54.9 Å². The molecule has 0 aliphatic carbocycles. The van der Waals surface area contributed by atoms with E-state index in [2.05, 4.69) is 15.3 Å². The molecule has 4 heteroatoms. The molecule has 0 unspecified atom stereocenters. The largest absolute Gasteiger partial charge is 0.496 e. The van der Waals surface area contributed by atoms with E-state index in [4.69, 9.17) is 4.74 Å². The summed E-state index contributed by atoms with van der Waals surface area (Å²) >= 11 is 0. The van der Waals surface area contributed by atoms with Gasteiger partial charge in [-0.25, -0.2) is 0 Å². The van der Waals surface area contributed by atoms with Gasteiger partial charge >= 0.3 is 0 Å². The van der Waals surface area contributed by atoms with Crippen molar-refractivity contribution in [3.8, 4) is 5.75 Å². The van der Waals surface area contributed by atoms with Crippen LogP contribution in [0.3, 0.4) is 0 Å². The Labute approximate surface area is 117 Å². The molecular weight excluding hydrogens is 250 g/mol. The Morgan fingerprint density at radius 1 is 1.00 bits per heavy atom. The predicted octanol–water partition coefficient (Wildman–Crippen LogP) is 3.25. The summed E-state index contributed by atoms with van der Waals surface area (Å²) in [5.41, 5.74) is 3.92. The molecule has 0 fully saturated rings. The van der Waals surface area contributed by atoms with Crippen LogP contribution in [0.25, 0.3) is 11.0 Å². The minimum absolute atomic E-state index is 0.704. The zero-order valence-corrected chi connectivity index (χ0v) is 11.2. The minimum Gasteiger partial charge on any atom is -0.496 e. The number of para-hydroxylation sites is 1. The molecule has 0 spiro atoms. The highest BCUT2D eigenvalue weighted by atomic mass is 16.5. The Bertz CT molecular complexity index is 727. The molecule has 1 N–H and O–H groups in total. The minimum atomic E-state index is 0.704. The topological polar surface area (TPSA) is 47.0 Å². The van der Waals surface area contributed by atoms with Gasteiger partial charge in [0.25, 0.3) is 0 Å². The average Bonchev–Trinajstić information content (AvgIpc) is 2.53. The molecule has 0 aliphatic rings. The number of rotatable bonds is 4.